The van der Waals surface area contributed by atoms with Gasteiger partial charge in [-0.3, -0.25) is 0 Å². The molecule has 0 aliphatic heterocycles. The Hall–Kier alpha value is -2.76. The fraction of sp³-hybridized carbons (Fsp3) is 0.0714. The van der Waals surface area contributed by atoms with Crippen LogP contribution < -0.4 is 15.8 Å². The topological polar surface area (TPSA) is 84.6 Å². The lowest BCUT2D eigenvalue weighted by molar-refractivity contribution is 0.0698. The Morgan fingerprint density at radius 2 is 2.05 bits per heavy atom. The van der Waals surface area contributed by atoms with Crippen molar-refractivity contribution in [2.24, 2.45) is 0 Å². The number of benzene rings is 2. The minimum atomic E-state index is -1.10. The second-order valence-corrected chi connectivity index (χ2v) is 4.08. The molecule has 20 heavy (non-hydrogen) atoms. The van der Waals surface area contributed by atoms with Gasteiger partial charge in [0, 0.05) is 17.4 Å². The molecule has 104 valence electrons. The summed E-state index contributed by atoms with van der Waals surface area (Å²) in [5, 5.41) is 12.0. The quantitative estimate of drug-likeness (QED) is 0.748. The van der Waals surface area contributed by atoms with E-state index in [1.54, 1.807) is 12.1 Å². The number of hydrogen-bond acceptors (Lipinski definition) is 4. The Labute approximate surface area is 114 Å². The van der Waals surface area contributed by atoms with Crippen LogP contribution in [0.2, 0.25) is 0 Å². The van der Waals surface area contributed by atoms with Crippen LogP contribution in [0.1, 0.15) is 10.4 Å². The van der Waals surface area contributed by atoms with E-state index in [2.05, 4.69) is 5.32 Å². The van der Waals surface area contributed by atoms with Crippen molar-refractivity contribution in [1.82, 2.24) is 0 Å². The number of carbonyl (C=O) groups is 1. The third kappa shape index (κ3) is 2.80. The highest BCUT2D eigenvalue weighted by molar-refractivity contribution is 5.96. The summed E-state index contributed by atoms with van der Waals surface area (Å²) in [4.78, 5) is 11.2. The average molecular weight is 276 g/mol. The predicted octanol–water partition coefficient (Wildman–Crippen LogP) is 2.86. The molecule has 4 N–H and O–H groups in total. The molecule has 0 spiro atoms. The Kier molecular flexibility index (Phi) is 3.74. The summed E-state index contributed by atoms with van der Waals surface area (Å²) in [6, 6.07) is 8.64. The average Bonchev–Trinajstić information content (AvgIpc) is 2.42. The standard InChI is InChI=1S/C14H13FN2O3/c1-20-13-7-9(3-4-11(13)15)17-12-5-2-8(16)6-10(12)14(18)19/h2-7,17H,16H2,1H3,(H,18,19). The smallest absolute Gasteiger partial charge is 0.337 e. The van der Waals surface area contributed by atoms with Crippen molar-refractivity contribution in [1.29, 1.82) is 0 Å². The van der Waals surface area contributed by atoms with Gasteiger partial charge in [0.15, 0.2) is 11.6 Å². The van der Waals surface area contributed by atoms with Gasteiger partial charge in [0.2, 0.25) is 0 Å². The zero-order valence-corrected chi connectivity index (χ0v) is 10.7. The lowest BCUT2D eigenvalue weighted by Crippen LogP contribution is -2.04. The monoisotopic (exact) mass is 276 g/mol. The molecular formula is C14H13FN2O3. The van der Waals surface area contributed by atoms with E-state index >= 15 is 0 Å². The molecule has 0 amide bonds. The fourth-order valence-electron chi connectivity index (χ4n) is 1.74. The van der Waals surface area contributed by atoms with Gasteiger partial charge < -0.3 is 20.9 Å². The Balaban J connectivity index is 2.37. The van der Waals surface area contributed by atoms with E-state index in [4.69, 9.17) is 15.6 Å². The van der Waals surface area contributed by atoms with Crippen LogP contribution >= 0.6 is 0 Å². The summed E-state index contributed by atoms with van der Waals surface area (Å²) in [6.45, 7) is 0. The summed E-state index contributed by atoms with van der Waals surface area (Å²) in [5.74, 6) is -1.52. The number of halogens is 1. The molecular weight excluding hydrogens is 263 g/mol. The second kappa shape index (κ2) is 5.48. The molecule has 0 aliphatic rings. The first-order chi connectivity index (χ1) is 9.51. The summed E-state index contributed by atoms with van der Waals surface area (Å²) < 4.78 is 18.2. The summed E-state index contributed by atoms with van der Waals surface area (Å²) in [6.07, 6.45) is 0. The van der Waals surface area contributed by atoms with Crippen LogP contribution in [0.4, 0.5) is 21.5 Å². The van der Waals surface area contributed by atoms with Crippen molar-refractivity contribution in [3.8, 4) is 5.75 Å². The van der Waals surface area contributed by atoms with Gasteiger partial charge in [-0.25, -0.2) is 9.18 Å². The predicted molar refractivity (Wildman–Crippen MR) is 74.0 cm³/mol. The number of hydrogen-bond donors (Lipinski definition) is 3. The maximum atomic E-state index is 13.3. The maximum absolute atomic E-state index is 13.3. The van der Waals surface area contributed by atoms with E-state index in [0.717, 1.165) is 0 Å². The second-order valence-electron chi connectivity index (χ2n) is 4.08. The molecule has 2 rings (SSSR count). The van der Waals surface area contributed by atoms with Crippen LogP contribution in [0.15, 0.2) is 36.4 Å². The van der Waals surface area contributed by atoms with E-state index in [1.807, 2.05) is 0 Å². The molecule has 2 aromatic rings. The molecule has 5 nitrogen and oxygen atoms in total. The van der Waals surface area contributed by atoms with Crippen molar-refractivity contribution in [3.63, 3.8) is 0 Å². The van der Waals surface area contributed by atoms with Gasteiger partial charge in [0.25, 0.3) is 0 Å². The zero-order valence-electron chi connectivity index (χ0n) is 10.7. The summed E-state index contributed by atoms with van der Waals surface area (Å²) in [7, 11) is 1.36. The Bertz CT molecular complexity index is 659. The van der Waals surface area contributed by atoms with E-state index in [9.17, 15) is 9.18 Å². The van der Waals surface area contributed by atoms with Crippen LogP contribution in [-0.4, -0.2) is 18.2 Å². The molecule has 0 atom stereocenters. The summed E-state index contributed by atoms with van der Waals surface area (Å²) >= 11 is 0. The van der Waals surface area contributed by atoms with Gasteiger partial charge in [-0.2, -0.15) is 0 Å². The van der Waals surface area contributed by atoms with Crippen molar-refractivity contribution >= 4 is 23.0 Å². The number of ether oxygens (including phenoxy) is 1. The van der Waals surface area contributed by atoms with Crippen molar-refractivity contribution < 1.29 is 19.0 Å². The van der Waals surface area contributed by atoms with Gasteiger partial charge in [-0.05, 0) is 30.3 Å². The molecule has 0 aliphatic carbocycles. The van der Waals surface area contributed by atoms with Gasteiger partial charge in [0.1, 0.15) is 0 Å². The molecule has 0 fully saturated rings. The van der Waals surface area contributed by atoms with Crippen LogP contribution in [0.5, 0.6) is 5.75 Å². The normalized spacial score (nSPS) is 10.1. The summed E-state index contributed by atoms with van der Waals surface area (Å²) in [5.41, 5.74) is 6.82. The molecule has 0 saturated carbocycles. The van der Waals surface area contributed by atoms with Gasteiger partial charge in [-0.15, -0.1) is 0 Å². The largest absolute Gasteiger partial charge is 0.494 e. The first kappa shape index (κ1) is 13.7. The first-order valence-electron chi connectivity index (χ1n) is 5.74. The van der Waals surface area contributed by atoms with E-state index in [1.165, 1.54) is 31.4 Å². The number of rotatable bonds is 4. The Morgan fingerprint density at radius 1 is 1.30 bits per heavy atom. The molecule has 0 heterocycles. The number of methoxy groups -OCH3 is 1. The van der Waals surface area contributed by atoms with Crippen LogP contribution in [0.3, 0.4) is 0 Å². The van der Waals surface area contributed by atoms with Crippen molar-refractivity contribution in [2.75, 3.05) is 18.2 Å². The minimum absolute atomic E-state index is 0.0355. The van der Waals surface area contributed by atoms with E-state index in [-0.39, 0.29) is 11.3 Å². The first-order valence-corrected chi connectivity index (χ1v) is 5.74. The maximum Gasteiger partial charge on any atom is 0.337 e. The third-order valence-electron chi connectivity index (χ3n) is 2.70. The number of nitrogens with one attached hydrogen (secondary N) is 1. The highest BCUT2D eigenvalue weighted by Crippen LogP contribution is 2.27. The molecule has 0 aromatic heterocycles. The van der Waals surface area contributed by atoms with Crippen molar-refractivity contribution in [3.05, 3.63) is 47.8 Å². The number of nitrogen functional groups attached to an aromatic ring is 1. The molecule has 0 unspecified atom stereocenters. The van der Waals surface area contributed by atoms with E-state index in [0.29, 0.717) is 17.1 Å². The number of carboxylic acids is 1. The zero-order chi connectivity index (χ0) is 14.7. The minimum Gasteiger partial charge on any atom is -0.494 e. The lowest BCUT2D eigenvalue weighted by atomic mass is 10.1. The van der Waals surface area contributed by atoms with Gasteiger partial charge >= 0.3 is 5.97 Å². The third-order valence-corrected chi connectivity index (χ3v) is 2.70. The molecule has 0 radical (unpaired) electrons. The van der Waals surface area contributed by atoms with Crippen LogP contribution in [0, 0.1) is 5.82 Å². The number of carboxylic acid groups (broad SMARTS) is 1. The SMILES string of the molecule is COc1cc(Nc2ccc(N)cc2C(=O)O)ccc1F. The van der Waals surface area contributed by atoms with Crippen LogP contribution in [0.25, 0.3) is 0 Å². The number of nitrogens with two attached hydrogens (primary N) is 1. The molecule has 0 saturated heterocycles. The lowest BCUT2D eigenvalue weighted by Gasteiger charge is -2.11. The van der Waals surface area contributed by atoms with Gasteiger partial charge in [0.05, 0.1) is 18.4 Å². The van der Waals surface area contributed by atoms with Crippen LogP contribution in [-0.2, 0) is 0 Å². The number of anilines is 3. The molecule has 6 heteroatoms. The number of aromatic carboxylic acids is 1. The van der Waals surface area contributed by atoms with E-state index < -0.39 is 11.8 Å². The van der Waals surface area contributed by atoms with Gasteiger partial charge in [-0.1, -0.05) is 0 Å². The van der Waals surface area contributed by atoms with Crippen molar-refractivity contribution in [2.45, 2.75) is 0 Å². The Morgan fingerprint density at radius 3 is 2.70 bits per heavy atom. The highest BCUT2D eigenvalue weighted by Gasteiger charge is 2.11. The molecule has 0 bridgehead atoms. The highest BCUT2D eigenvalue weighted by atomic mass is 19.1. The molecule has 2 aromatic carbocycles. The fourth-order valence-corrected chi connectivity index (χ4v) is 1.74.